The number of hydrogen-bond acceptors (Lipinski definition) is 3. The van der Waals surface area contributed by atoms with Crippen molar-refractivity contribution in [3.63, 3.8) is 0 Å². The minimum atomic E-state index is -3.68. The average molecular weight is 291 g/mol. The minimum Gasteiger partial charge on any atom is -0.493 e. The summed E-state index contributed by atoms with van der Waals surface area (Å²) in [5.74, 6) is 0.919. The predicted molar refractivity (Wildman–Crippen MR) is 74.0 cm³/mol. The third-order valence-electron chi connectivity index (χ3n) is 2.64. The van der Waals surface area contributed by atoms with E-state index >= 15 is 0 Å². The molecule has 1 aromatic carbocycles. The highest BCUT2D eigenvalue weighted by molar-refractivity contribution is 8.13. The van der Waals surface area contributed by atoms with E-state index in [0.29, 0.717) is 6.61 Å². The summed E-state index contributed by atoms with van der Waals surface area (Å²) >= 11 is 0. The second-order valence-electron chi connectivity index (χ2n) is 4.49. The van der Waals surface area contributed by atoms with Crippen LogP contribution in [0.3, 0.4) is 0 Å². The Kier molecular flexibility index (Phi) is 5.47. The molecule has 0 heterocycles. The van der Waals surface area contributed by atoms with Crippen molar-refractivity contribution in [3.05, 3.63) is 23.8 Å². The number of unbranched alkanes of at least 4 members (excludes halogenated alkanes) is 1. The van der Waals surface area contributed by atoms with Crippen molar-refractivity contribution in [1.29, 1.82) is 0 Å². The van der Waals surface area contributed by atoms with Crippen LogP contribution in [0.4, 0.5) is 0 Å². The lowest BCUT2D eigenvalue weighted by atomic mass is 10.0. The Balaban J connectivity index is 3.05. The van der Waals surface area contributed by atoms with Gasteiger partial charge in [0.05, 0.1) is 11.5 Å². The summed E-state index contributed by atoms with van der Waals surface area (Å²) in [5.41, 5.74) is 0.868. The smallest absolute Gasteiger partial charge is 0.261 e. The molecule has 0 saturated carbocycles. The fraction of sp³-hybridized carbons (Fsp3) is 0.538. The zero-order valence-electron chi connectivity index (χ0n) is 10.9. The van der Waals surface area contributed by atoms with E-state index in [1.54, 1.807) is 12.1 Å². The van der Waals surface area contributed by atoms with E-state index in [2.05, 4.69) is 6.92 Å². The fourth-order valence-electron chi connectivity index (χ4n) is 1.59. The second kappa shape index (κ2) is 6.43. The zero-order valence-corrected chi connectivity index (χ0v) is 12.5. The predicted octanol–water partition coefficient (Wildman–Crippen LogP) is 3.92. The second-order valence-corrected chi connectivity index (χ2v) is 7.06. The van der Waals surface area contributed by atoms with Gasteiger partial charge in [0.15, 0.2) is 0 Å². The van der Waals surface area contributed by atoms with Crippen molar-refractivity contribution in [3.8, 4) is 5.75 Å². The van der Waals surface area contributed by atoms with E-state index in [0.717, 1.165) is 24.2 Å². The first-order chi connectivity index (χ1) is 8.36. The maximum atomic E-state index is 11.3. The molecular weight excluding hydrogens is 272 g/mol. The summed E-state index contributed by atoms with van der Waals surface area (Å²) in [6.07, 6.45) is 2.04. The molecule has 0 aliphatic heterocycles. The molecule has 0 aromatic heterocycles. The average Bonchev–Trinajstić information content (AvgIpc) is 2.28. The molecule has 0 spiro atoms. The number of hydrogen-bond donors (Lipinski definition) is 0. The monoisotopic (exact) mass is 290 g/mol. The van der Waals surface area contributed by atoms with Crippen LogP contribution in [0.5, 0.6) is 5.75 Å². The van der Waals surface area contributed by atoms with Gasteiger partial charge in [0, 0.05) is 10.7 Å². The van der Waals surface area contributed by atoms with E-state index in [9.17, 15) is 8.42 Å². The minimum absolute atomic E-state index is 0.121. The summed E-state index contributed by atoms with van der Waals surface area (Å²) in [5, 5.41) is 0. The standard InChI is InChI=1S/C13H19ClO3S/c1-4-5-8-17-13-7-6-11(18(14,15)16)9-12(13)10(2)3/h6-7,9-10H,4-5,8H2,1-3H3. The maximum Gasteiger partial charge on any atom is 0.261 e. The van der Waals surface area contributed by atoms with Gasteiger partial charge < -0.3 is 4.74 Å². The number of rotatable bonds is 6. The molecule has 0 unspecified atom stereocenters. The number of benzene rings is 1. The van der Waals surface area contributed by atoms with Crippen LogP contribution in [0.2, 0.25) is 0 Å². The van der Waals surface area contributed by atoms with Gasteiger partial charge in [0.2, 0.25) is 0 Å². The van der Waals surface area contributed by atoms with Gasteiger partial charge in [-0.05, 0) is 36.1 Å². The van der Waals surface area contributed by atoms with Crippen molar-refractivity contribution in [2.75, 3.05) is 6.61 Å². The molecule has 1 aromatic rings. The van der Waals surface area contributed by atoms with E-state index in [4.69, 9.17) is 15.4 Å². The van der Waals surface area contributed by atoms with Gasteiger partial charge in [-0.25, -0.2) is 8.42 Å². The molecule has 0 amide bonds. The van der Waals surface area contributed by atoms with Crippen molar-refractivity contribution < 1.29 is 13.2 Å². The first-order valence-electron chi connectivity index (χ1n) is 6.07. The molecule has 0 aliphatic rings. The van der Waals surface area contributed by atoms with E-state index in [-0.39, 0.29) is 10.8 Å². The normalized spacial score (nSPS) is 11.8. The summed E-state index contributed by atoms with van der Waals surface area (Å²) < 4.78 is 28.3. The van der Waals surface area contributed by atoms with Crippen molar-refractivity contribution in [2.24, 2.45) is 0 Å². The van der Waals surface area contributed by atoms with Gasteiger partial charge in [-0.2, -0.15) is 0 Å². The van der Waals surface area contributed by atoms with Crippen LogP contribution >= 0.6 is 10.7 Å². The summed E-state index contributed by atoms with van der Waals surface area (Å²) in [6, 6.07) is 4.75. The molecule has 3 nitrogen and oxygen atoms in total. The number of halogens is 1. The zero-order chi connectivity index (χ0) is 13.8. The Morgan fingerprint density at radius 3 is 2.50 bits per heavy atom. The lowest BCUT2D eigenvalue weighted by molar-refractivity contribution is 0.305. The maximum absolute atomic E-state index is 11.3. The van der Waals surface area contributed by atoms with Gasteiger partial charge >= 0.3 is 0 Å². The molecule has 0 saturated heterocycles. The molecule has 0 atom stereocenters. The topological polar surface area (TPSA) is 43.4 Å². The van der Waals surface area contributed by atoms with Gasteiger partial charge in [-0.15, -0.1) is 0 Å². The first-order valence-corrected chi connectivity index (χ1v) is 8.38. The molecule has 5 heteroatoms. The molecule has 1 rings (SSSR count). The highest BCUT2D eigenvalue weighted by Crippen LogP contribution is 2.30. The van der Waals surface area contributed by atoms with Crippen molar-refractivity contribution in [2.45, 2.75) is 44.4 Å². The van der Waals surface area contributed by atoms with E-state index < -0.39 is 9.05 Å². The molecular formula is C13H19ClO3S. The Labute approximate surface area is 114 Å². The summed E-state index contributed by atoms with van der Waals surface area (Å²) in [7, 11) is 1.66. The van der Waals surface area contributed by atoms with E-state index in [1.165, 1.54) is 6.07 Å². The van der Waals surface area contributed by atoms with Crippen LogP contribution in [0.15, 0.2) is 23.1 Å². The van der Waals surface area contributed by atoms with E-state index in [1.807, 2.05) is 13.8 Å². The van der Waals surface area contributed by atoms with Crippen LogP contribution in [0.1, 0.15) is 45.1 Å². The van der Waals surface area contributed by atoms with Crippen LogP contribution in [-0.4, -0.2) is 15.0 Å². The fourth-order valence-corrected chi connectivity index (χ4v) is 2.37. The van der Waals surface area contributed by atoms with Crippen LogP contribution in [0.25, 0.3) is 0 Å². The Morgan fingerprint density at radius 1 is 1.33 bits per heavy atom. The largest absolute Gasteiger partial charge is 0.493 e. The highest BCUT2D eigenvalue weighted by Gasteiger charge is 2.15. The lowest BCUT2D eigenvalue weighted by Crippen LogP contribution is -2.02. The third-order valence-corrected chi connectivity index (χ3v) is 3.99. The van der Waals surface area contributed by atoms with Crippen LogP contribution in [0, 0.1) is 0 Å². The summed E-state index contributed by atoms with van der Waals surface area (Å²) in [6.45, 7) is 6.72. The van der Waals surface area contributed by atoms with Crippen LogP contribution in [-0.2, 0) is 9.05 Å². The van der Waals surface area contributed by atoms with Crippen molar-refractivity contribution in [1.82, 2.24) is 0 Å². The Morgan fingerprint density at radius 2 is 2.00 bits per heavy atom. The Hall–Kier alpha value is -0.740. The van der Waals surface area contributed by atoms with Crippen molar-refractivity contribution >= 4 is 19.7 Å². The molecule has 0 bridgehead atoms. The highest BCUT2D eigenvalue weighted by atomic mass is 35.7. The van der Waals surface area contributed by atoms with Crippen LogP contribution < -0.4 is 4.74 Å². The third kappa shape index (κ3) is 4.18. The van der Waals surface area contributed by atoms with Gasteiger partial charge in [-0.1, -0.05) is 27.2 Å². The number of ether oxygens (including phenoxy) is 1. The molecule has 0 N–H and O–H groups in total. The quantitative estimate of drug-likeness (QED) is 0.589. The molecule has 0 fully saturated rings. The Bertz CT molecular complexity index is 495. The lowest BCUT2D eigenvalue weighted by Gasteiger charge is -2.14. The first kappa shape index (κ1) is 15.3. The molecule has 18 heavy (non-hydrogen) atoms. The molecule has 102 valence electrons. The van der Waals surface area contributed by atoms with Gasteiger partial charge in [-0.3, -0.25) is 0 Å². The van der Waals surface area contributed by atoms with Gasteiger partial charge in [0.1, 0.15) is 5.75 Å². The van der Waals surface area contributed by atoms with Gasteiger partial charge in [0.25, 0.3) is 9.05 Å². The molecule has 0 aliphatic carbocycles. The SMILES string of the molecule is CCCCOc1ccc(S(=O)(=O)Cl)cc1C(C)C. The molecule has 0 radical (unpaired) electrons. The summed E-state index contributed by atoms with van der Waals surface area (Å²) in [4.78, 5) is 0.121.